The van der Waals surface area contributed by atoms with Gasteiger partial charge in [0.2, 0.25) is 0 Å². The lowest BCUT2D eigenvalue weighted by molar-refractivity contribution is -0.139. The highest BCUT2D eigenvalue weighted by atomic mass is 35.5. The van der Waals surface area contributed by atoms with E-state index in [2.05, 4.69) is 15.5 Å². The molecule has 4 amide bonds. The van der Waals surface area contributed by atoms with Crippen molar-refractivity contribution < 1.29 is 19.1 Å². The molecule has 0 saturated carbocycles. The summed E-state index contributed by atoms with van der Waals surface area (Å²) in [6, 6.07) is 5.96. The number of benzene rings is 1. The molecule has 192 valence electrons. The number of hydrogen-bond acceptors (Lipinski definition) is 5. The number of amides is 4. The van der Waals surface area contributed by atoms with E-state index < -0.39 is 12.0 Å². The van der Waals surface area contributed by atoms with Gasteiger partial charge in [0, 0.05) is 55.5 Å². The fourth-order valence-corrected chi connectivity index (χ4v) is 4.67. The minimum absolute atomic E-state index is 0.0418. The summed E-state index contributed by atoms with van der Waals surface area (Å²) in [5.74, 6) is -0.490. The van der Waals surface area contributed by atoms with Gasteiger partial charge in [0.1, 0.15) is 0 Å². The van der Waals surface area contributed by atoms with Crippen molar-refractivity contribution in [1.29, 1.82) is 0 Å². The molecule has 0 bridgehead atoms. The van der Waals surface area contributed by atoms with Crippen molar-refractivity contribution in [3.05, 3.63) is 46.1 Å². The molecule has 3 rings (SSSR count). The topological polar surface area (TPSA) is 94.2 Å². The maximum Gasteiger partial charge on any atom is 0.338 e. The molecule has 0 spiro atoms. The second-order valence-electron chi connectivity index (χ2n) is 10.0. The largest absolute Gasteiger partial charge is 0.463 e. The summed E-state index contributed by atoms with van der Waals surface area (Å²) >= 11 is 6.45. The molecule has 2 atom stereocenters. The molecule has 1 fully saturated rings. The molecule has 0 radical (unpaired) electrons. The van der Waals surface area contributed by atoms with E-state index in [4.69, 9.17) is 16.3 Å². The maximum absolute atomic E-state index is 13.2. The molecule has 1 aromatic carbocycles. The highest BCUT2D eigenvalue weighted by Crippen LogP contribution is 2.35. The van der Waals surface area contributed by atoms with E-state index >= 15 is 0 Å². The van der Waals surface area contributed by atoms with E-state index in [1.54, 1.807) is 32.2 Å². The van der Waals surface area contributed by atoms with Crippen molar-refractivity contribution in [2.24, 2.45) is 0 Å². The Kier molecular flexibility index (Phi) is 8.33. The van der Waals surface area contributed by atoms with E-state index in [1.807, 2.05) is 38.7 Å². The van der Waals surface area contributed by atoms with E-state index in [0.29, 0.717) is 48.0 Å². The number of urea groups is 2. The van der Waals surface area contributed by atoms with Crippen LogP contribution in [0.5, 0.6) is 0 Å². The number of nitrogens with zero attached hydrogens (tertiary/aromatic N) is 3. The van der Waals surface area contributed by atoms with Gasteiger partial charge in [0.05, 0.1) is 18.2 Å². The highest BCUT2D eigenvalue weighted by Gasteiger charge is 2.39. The van der Waals surface area contributed by atoms with Gasteiger partial charge in [0.25, 0.3) is 0 Å². The molecule has 1 aromatic rings. The van der Waals surface area contributed by atoms with E-state index in [0.717, 1.165) is 0 Å². The fourth-order valence-electron chi connectivity index (χ4n) is 4.42. The van der Waals surface area contributed by atoms with Gasteiger partial charge >= 0.3 is 18.0 Å². The average molecular weight is 506 g/mol. The van der Waals surface area contributed by atoms with E-state index in [9.17, 15) is 14.4 Å². The Balaban J connectivity index is 1.90. The number of rotatable bonds is 5. The summed E-state index contributed by atoms with van der Waals surface area (Å²) in [4.78, 5) is 44.2. The molecule has 2 heterocycles. The molecule has 2 aliphatic rings. The molecular weight excluding hydrogens is 470 g/mol. The summed E-state index contributed by atoms with van der Waals surface area (Å²) in [7, 11) is 1.64. The van der Waals surface area contributed by atoms with Crippen LogP contribution in [-0.2, 0) is 9.53 Å². The maximum atomic E-state index is 13.2. The highest BCUT2D eigenvalue weighted by molar-refractivity contribution is 6.31. The van der Waals surface area contributed by atoms with Gasteiger partial charge in [-0.2, -0.15) is 0 Å². The number of esters is 1. The van der Waals surface area contributed by atoms with Crippen LogP contribution in [0.1, 0.15) is 46.2 Å². The monoisotopic (exact) mass is 505 g/mol. The van der Waals surface area contributed by atoms with Crippen LogP contribution in [0, 0.1) is 0 Å². The number of hydrogen-bond donors (Lipinski definition) is 2. The quantitative estimate of drug-likeness (QED) is 0.598. The minimum Gasteiger partial charge on any atom is -0.463 e. The zero-order chi connectivity index (χ0) is 25.9. The Morgan fingerprint density at radius 3 is 2.51 bits per heavy atom. The summed E-state index contributed by atoms with van der Waals surface area (Å²) in [5, 5.41) is 6.37. The van der Waals surface area contributed by atoms with Crippen molar-refractivity contribution in [3.63, 3.8) is 0 Å². The zero-order valence-corrected chi connectivity index (χ0v) is 22.1. The number of carbonyl (C=O) groups is 3. The summed E-state index contributed by atoms with van der Waals surface area (Å²) in [6.07, 6.45) is 0. The molecule has 2 N–H and O–H groups in total. The Morgan fingerprint density at radius 2 is 1.91 bits per heavy atom. The zero-order valence-electron chi connectivity index (χ0n) is 21.4. The Morgan fingerprint density at radius 1 is 1.23 bits per heavy atom. The van der Waals surface area contributed by atoms with Crippen LogP contribution in [0.15, 0.2) is 35.5 Å². The number of likely N-dealkylation sites (N-methyl/N-ethyl adjacent to an activating group) is 1. The third-order valence-electron chi connectivity index (χ3n) is 6.12. The molecule has 10 heteroatoms. The predicted octanol–water partition coefficient (Wildman–Crippen LogP) is 3.37. The van der Waals surface area contributed by atoms with Crippen molar-refractivity contribution in [3.8, 4) is 0 Å². The molecule has 2 aliphatic heterocycles. The second kappa shape index (κ2) is 10.9. The van der Waals surface area contributed by atoms with Gasteiger partial charge in [-0.25, -0.2) is 14.4 Å². The molecule has 9 nitrogen and oxygen atoms in total. The van der Waals surface area contributed by atoms with Crippen LogP contribution in [0.3, 0.4) is 0 Å². The van der Waals surface area contributed by atoms with Crippen LogP contribution in [0.2, 0.25) is 5.02 Å². The lowest BCUT2D eigenvalue weighted by atomic mass is 9.94. The Bertz CT molecular complexity index is 1010. The van der Waals surface area contributed by atoms with Crippen LogP contribution in [-0.4, -0.2) is 84.1 Å². The number of piperazine rings is 1. The first-order valence-corrected chi connectivity index (χ1v) is 12.3. The summed E-state index contributed by atoms with van der Waals surface area (Å²) < 4.78 is 5.39. The third kappa shape index (κ3) is 6.27. The van der Waals surface area contributed by atoms with Crippen molar-refractivity contribution in [1.82, 2.24) is 25.3 Å². The fraction of sp³-hybridized carbons (Fsp3) is 0.560. The van der Waals surface area contributed by atoms with Crippen molar-refractivity contribution in [2.75, 3.05) is 39.8 Å². The van der Waals surface area contributed by atoms with Gasteiger partial charge in [0.15, 0.2) is 0 Å². The first-order valence-electron chi connectivity index (χ1n) is 11.9. The number of nitrogens with one attached hydrogen (secondary N) is 2. The normalized spacial score (nSPS) is 21.6. The first kappa shape index (κ1) is 26.8. The lowest BCUT2D eigenvalue weighted by Gasteiger charge is -2.43. The van der Waals surface area contributed by atoms with Crippen molar-refractivity contribution >= 4 is 29.6 Å². The predicted molar refractivity (Wildman–Crippen MR) is 135 cm³/mol. The van der Waals surface area contributed by atoms with Gasteiger partial charge in [-0.3, -0.25) is 9.80 Å². The Labute approximate surface area is 212 Å². The standard InChI is InChI=1S/C25H36ClN5O4/c1-7-35-22(32)20-19(29(6)23(33)27-21(20)17-10-8-9-11-18(17)26)15-30-12-13-31(16(2)14-30)24(34)28-25(3,4)5/h8-11,16,21H,7,12-15H2,1-6H3,(H,27,33)(H,28,34)/t16-,21-/m1/s1. The number of halogens is 1. The van der Waals surface area contributed by atoms with E-state index in [-0.39, 0.29) is 30.2 Å². The molecule has 0 aromatic heterocycles. The molecule has 1 saturated heterocycles. The summed E-state index contributed by atoms with van der Waals surface area (Å²) in [5.41, 5.74) is 1.24. The van der Waals surface area contributed by atoms with Gasteiger partial charge in [-0.05, 0) is 46.2 Å². The average Bonchev–Trinajstić information content (AvgIpc) is 2.76. The van der Waals surface area contributed by atoms with Crippen LogP contribution in [0.25, 0.3) is 0 Å². The van der Waals surface area contributed by atoms with Crippen LogP contribution >= 0.6 is 11.6 Å². The van der Waals surface area contributed by atoms with Gasteiger partial charge in [-0.1, -0.05) is 29.8 Å². The third-order valence-corrected chi connectivity index (χ3v) is 6.46. The number of ether oxygens (including phenoxy) is 1. The molecule has 35 heavy (non-hydrogen) atoms. The van der Waals surface area contributed by atoms with Crippen LogP contribution < -0.4 is 10.6 Å². The summed E-state index contributed by atoms with van der Waals surface area (Å²) in [6.45, 7) is 11.9. The van der Waals surface area contributed by atoms with Crippen molar-refractivity contribution in [2.45, 2.75) is 52.2 Å². The van der Waals surface area contributed by atoms with Gasteiger partial charge < -0.3 is 20.3 Å². The lowest BCUT2D eigenvalue weighted by Crippen LogP contribution is -2.59. The van der Waals surface area contributed by atoms with Gasteiger partial charge in [-0.15, -0.1) is 0 Å². The Hall–Kier alpha value is -2.78. The SMILES string of the molecule is CCOC(=O)C1=C(CN2CCN(C(=O)NC(C)(C)C)[C@H](C)C2)N(C)C(=O)N[C@@H]1c1ccccc1Cl. The minimum atomic E-state index is -0.724. The number of carbonyl (C=O) groups excluding carboxylic acids is 3. The molecular formula is C25H36ClN5O4. The second-order valence-corrected chi connectivity index (χ2v) is 10.4. The molecule has 0 aliphatic carbocycles. The first-order chi connectivity index (χ1) is 16.4. The smallest absolute Gasteiger partial charge is 0.338 e. The van der Waals surface area contributed by atoms with Crippen LogP contribution in [0.4, 0.5) is 9.59 Å². The van der Waals surface area contributed by atoms with E-state index in [1.165, 1.54) is 4.90 Å². The molecule has 0 unspecified atom stereocenters.